The molecule has 14 amide bonds. The molecule has 3 saturated heterocycles. The van der Waals surface area contributed by atoms with Crippen molar-refractivity contribution >= 4 is 112 Å². The topological polar surface area (TPSA) is 464 Å². The molecule has 1 unspecified atom stereocenters. The van der Waals surface area contributed by atoms with Gasteiger partial charge in [0.25, 0.3) is 0 Å². The van der Waals surface area contributed by atoms with Gasteiger partial charge in [-0.2, -0.15) is 0 Å². The molecule has 34 heteroatoms. The third-order valence-corrected chi connectivity index (χ3v) is 19.7. The Hall–Kier alpha value is -9.73. The lowest BCUT2D eigenvalue weighted by molar-refractivity contribution is -0.145. The highest BCUT2D eigenvalue weighted by molar-refractivity contribution is 8.00. The third kappa shape index (κ3) is 23.1. The minimum Gasteiger partial charge on any atom is -0.481 e. The molecular formula is C70H95ClN14O18S. The van der Waals surface area contributed by atoms with E-state index in [9.17, 15) is 87.2 Å². The first kappa shape index (κ1) is 83.2. The molecular weight excluding hydrogens is 1390 g/mol. The molecule has 32 nitrogen and oxygen atoms in total. The van der Waals surface area contributed by atoms with E-state index in [0.717, 1.165) is 33.4 Å². The third-order valence-electron chi connectivity index (χ3n) is 18.4. The first-order valence-electron chi connectivity index (χ1n) is 34.2. The van der Waals surface area contributed by atoms with Gasteiger partial charge in [0.1, 0.15) is 78.5 Å². The van der Waals surface area contributed by atoms with Crippen molar-refractivity contribution in [3.63, 3.8) is 0 Å². The van der Waals surface area contributed by atoms with Crippen LogP contribution in [0.2, 0.25) is 5.02 Å². The molecule has 14 N–H and O–H groups in total. The highest BCUT2D eigenvalue weighted by Gasteiger charge is 2.44. The second-order valence-corrected chi connectivity index (χ2v) is 28.1. The smallest absolute Gasteiger partial charge is 0.305 e. The summed E-state index contributed by atoms with van der Waals surface area (Å²) in [4.78, 5) is 215. The van der Waals surface area contributed by atoms with Crippen molar-refractivity contribution in [2.24, 2.45) is 11.7 Å². The Labute approximate surface area is 611 Å². The molecule has 0 aliphatic carbocycles. The average Bonchev–Trinajstić information content (AvgIpc) is 1.53. The van der Waals surface area contributed by atoms with Gasteiger partial charge in [0.2, 0.25) is 82.7 Å². The number of carbonyl (C=O) groups excluding carboxylic acids is 14. The standard InChI is InChI=1S/C70H95ClN14O18S/c1-36(2)55-70(103)85-29-17-23-52(85)64(97)80-57(41(7)87)66(99)81-56(40(6)86)65(98)77-49(31-43-20-14-11-15-21-43)69(102)83(9)39(5)60(93)76-48(32-44-24-26-45(71)27-25-44)68(101)82(8)38(4)59(92)75-47(33-54(89)90)61(94)73-37(3)67(100)84-28-16-22-51(84)63(96)78-50(58(72)91)34-104-35-53(88)74-46(62(95)79-55)30-42-18-12-10-13-19-42/h10-15,18-21,24-27,36-41,46-52,55-57,86-87H,16-17,22-23,28-35H2,1-9H3,(H2,72,91)(H,73,94)(H,74,88)(H,75,92)(H,76,93)(H,77,98)(H,78,96)(H,79,95)(H,80,97)(H,81,99)(H,89,90)/t37-,38-,39-,40+,41+,46-,47?,48-,49-,50-,51-,52-,55-,56-,57-/m0/s1. The van der Waals surface area contributed by atoms with E-state index in [2.05, 4.69) is 47.9 Å². The van der Waals surface area contributed by atoms with E-state index >= 15 is 0 Å². The van der Waals surface area contributed by atoms with Crippen LogP contribution in [0, 0.1) is 5.92 Å². The van der Waals surface area contributed by atoms with Crippen molar-refractivity contribution < 1.29 is 87.2 Å². The molecule has 3 fully saturated rings. The van der Waals surface area contributed by atoms with Gasteiger partial charge in [0.15, 0.2) is 0 Å². The van der Waals surface area contributed by atoms with Crippen LogP contribution in [0.3, 0.4) is 0 Å². The minimum absolute atomic E-state index is 0.000635. The van der Waals surface area contributed by atoms with Crippen LogP contribution in [0.25, 0.3) is 0 Å². The zero-order chi connectivity index (χ0) is 77.0. The Bertz CT molecular complexity index is 3610. The van der Waals surface area contributed by atoms with Gasteiger partial charge in [0.05, 0.1) is 24.4 Å². The van der Waals surface area contributed by atoms with Crippen LogP contribution in [0.5, 0.6) is 0 Å². The van der Waals surface area contributed by atoms with Crippen LogP contribution in [0.4, 0.5) is 0 Å². The van der Waals surface area contributed by atoms with E-state index in [1.807, 2.05) is 0 Å². The van der Waals surface area contributed by atoms with Gasteiger partial charge in [-0.05, 0) is 95.0 Å². The number of rotatable bonds is 12. The summed E-state index contributed by atoms with van der Waals surface area (Å²) >= 11 is 7.05. The number of primary amides is 1. The molecule has 3 aliphatic heterocycles. The van der Waals surface area contributed by atoms with Crippen molar-refractivity contribution in [1.29, 1.82) is 0 Å². The summed E-state index contributed by atoms with van der Waals surface area (Å²) in [6.45, 7) is 9.45. The molecule has 0 spiro atoms. The molecule has 0 radical (unpaired) electrons. The lowest BCUT2D eigenvalue weighted by Gasteiger charge is -2.33. The zero-order valence-electron chi connectivity index (χ0n) is 59.4. The summed E-state index contributed by atoms with van der Waals surface area (Å²) < 4.78 is 0. The highest BCUT2D eigenvalue weighted by atomic mass is 35.5. The van der Waals surface area contributed by atoms with Gasteiger partial charge in [-0.25, -0.2) is 0 Å². The maximum Gasteiger partial charge on any atom is 0.305 e. The number of aliphatic hydroxyl groups is 2. The van der Waals surface area contributed by atoms with Gasteiger partial charge in [-0.1, -0.05) is 98.2 Å². The van der Waals surface area contributed by atoms with Gasteiger partial charge >= 0.3 is 5.97 Å². The van der Waals surface area contributed by atoms with Crippen molar-refractivity contribution in [1.82, 2.24) is 67.5 Å². The molecule has 104 heavy (non-hydrogen) atoms. The first-order chi connectivity index (χ1) is 49.1. The quantitative estimate of drug-likeness (QED) is 0.0895. The molecule has 3 aromatic rings. The number of fused-ring (bicyclic) bond motifs is 2. The fraction of sp³-hybridized carbons (Fsp3) is 0.529. The minimum atomic E-state index is -1.88. The van der Waals surface area contributed by atoms with Gasteiger partial charge in [-0.15, -0.1) is 11.8 Å². The van der Waals surface area contributed by atoms with Crippen molar-refractivity contribution in [3.05, 3.63) is 107 Å². The van der Waals surface area contributed by atoms with E-state index < -0.39 is 198 Å². The normalized spacial score (nSPS) is 27.4. The van der Waals surface area contributed by atoms with E-state index in [4.69, 9.17) is 17.3 Å². The number of hydrogen-bond acceptors (Lipinski definition) is 18. The second-order valence-electron chi connectivity index (χ2n) is 26.6. The second kappa shape index (κ2) is 38.7. The van der Waals surface area contributed by atoms with Crippen LogP contribution in [0.1, 0.15) is 97.3 Å². The number of likely N-dealkylation sites (N-methyl/N-ethyl adjacent to an activating group) is 2. The number of nitrogens with one attached hydrogen (secondary N) is 9. The first-order valence-corrected chi connectivity index (χ1v) is 35.8. The van der Waals surface area contributed by atoms with Crippen molar-refractivity contribution in [2.45, 2.75) is 191 Å². The number of thioether (sulfide) groups is 1. The number of aliphatic hydroxyl groups excluding tert-OH is 2. The molecule has 6 rings (SSSR count). The lowest BCUT2D eigenvalue weighted by atomic mass is 10.00. The number of halogens is 1. The zero-order valence-corrected chi connectivity index (χ0v) is 61.0. The molecule has 15 atom stereocenters. The monoisotopic (exact) mass is 1490 g/mol. The van der Waals surface area contributed by atoms with Crippen molar-refractivity contribution in [3.8, 4) is 0 Å². The SMILES string of the molecule is CC(C)[C@@H]1NC(=O)[C@H](Cc2ccccc2)NC(=O)CSC[C@@H](C(N)=O)NC(=O)[C@@H]2CCCN2C(=O)[C@H](C)NC(=O)C(CC(=O)O)NC(=O)[C@H](C)N(C)C(=O)[C@H](Cc2ccc(Cl)cc2)NC(=O)[C@H](C)N(C)C(=O)[C@H](Cc2ccccc2)NC(=O)[C@H]([C@@H](C)O)NC(=O)[C@H]([C@@H](C)O)NC(=O)[C@@H]2CCCN2C1=O. The largest absolute Gasteiger partial charge is 0.481 e. The Balaban J connectivity index is 1.34. The number of amides is 14. The number of nitrogens with two attached hydrogens (primary N) is 1. The molecule has 0 saturated carbocycles. The average molecular weight is 1490 g/mol. The number of carboxylic acids is 1. The maximum atomic E-state index is 14.8. The molecule has 3 heterocycles. The number of hydrogen-bond donors (Lipinski definition) is 13. The summed E-state index contributed by atoms with van der Waals surface area (Å²) in [5.74, 6) is -15.8. The Morgan fingerprint density at radius 3 is 1.38 bits per heavy atom. The molecule has 566 valence electrons. The van der Waals surface area contributed by atoms with Crippen LogP contribution in [-0.2, 0) is 91.2 Å². The fourth-order valence-electron chi connectivity index (χ4n) is 12.1. The summed E-state index contributed by atoms with van der Waals surface area (Å²) in [6, 6.07) is 3.49. The molecule has 3 aromatic carbocycles. The predicted octanol–water partition coefficient (Wildman–Crippen LogP) is -2.45. The summed E-state index contributed by atoms with van der Waals surface area (Å²) in [7, 11) is 2.44. The Morgan fingerprint density at radius 1 is 0.500 bits per heavy atom. The van der Waals surface area contributed by atoms with Crippen LogP contribution in [0.15, 0.2) is 84.9 Å². The molecule has 0 bridgehead atoms. The number of carboxylic acid groups (broad SMARTS) is 1. The number of nitrogens with zero attached hydrogens (tertiary/aromatic N) is 4. The number of aliphatic carboxylic acids is 1. The lowest BCUT2D eigenvalue weighted by Crippen LogP contribution is -2.63. The highest BCUT2D eigenvalue weighted by Crippen LogP contribution is 2.24. The van der Waals surface area contributed by atoms with E-state index in [0.29, 0.717) is 21.7 Å². The summed E-state index contributed by atoms with van der Waals surface area (Å²) in [6.07, 6.45) is -4.22. The summed E-state index contributed by atoms with van der Waals surface area (Å²) in [5.41, 5.74) is 7.31. The molecule has 3 aliphatic rings. The number of carbonyl (C=O) groups is 15. The Morgan fingerprint density at radius 2 is 0.913 bits per heavy atom. The van der Waals surface area contributed by atoms with E-state index in [-0.39, 0.29) is 63.8 Å². The fourth-order valence-corrected chi connectivity index (χ4v) is 13.1. The predicted molar refractivity (Wildman–Crippen MR) is 379 cm³/mol. The van der Waals surface area contributed by atoms with Crippen LogP contribution < -0.4 is 53.6 Å². The van der Waals surface area contributed by atoms with E-state index in [1.54, 1.807) is 86.6 Å². The van der Waals surface area contributed by atoms with E-state index in [1.165, 1.54) is 58.8 Å². The van der Waals surface area contributed by atoms with Crippen molar-refractivity contribution in [2.75, 3.05) is 38.7 Å². The summed E-state index contributed by atoms with van der Waals surface area (Å²) in [5, 5.41) is 55.3. The van der Waals surface area contributed by atoms with Gasteiger partial charge in [0, 0.05) is 57.2 Å². The van der Waals surface area contributed by atoms with Crippen LogP contribution >= 0.6 is 23.4 Å². The van der Waals surface area contributed by atoms with Gasteiger partial charge < -0.3 is 88.5 Å². The molecule has 0 aromatic heterocycles. The van der Waals surface area contributed by atoms with Gasteiger partial charge in [-0.3, -0.25) is 71.9 Å². The van der Waals surface area contributed by atoms with Crippen LogP contribution in [-0.4, -0.2) is 253 Å². The Kier molecular flexibility index (Phi) is 31.0. The maximum absolute atomic E-state index is 14.8. The number of benzene rings is 3.